The molecule has 438 valence electrons. The van der Waals surface area contributed by atoms with Crippen molar-refractivity contribution in [3.63, 3.8) is 0 Å². The number of allylic oxidation sites excluding steroid dienone is 4. The molecular weight excluding hydrogens is 942 g/mol. The predicted octanol–water partition coefficient (Wildman–Crippen LogP) is 19.5. The SMILES string of the molecule is CCCCCCC/C=C\C/C=C\CCCCCCCCCCCCCCCCCCCCCC(=O)OC(COC(=O)CCCCCCCCCCCCCCCCCCCCC)COP(=O)([O-])OCC[N+](C)(C)C. The molecule has 0 radical (unpaired) electrons. The Morgan fingerprint density at radius 2 is 0.730 bits per heavy atom. The standard InChI is InChI=1S/C64H124NO8P/c1-6-8-10-12-14-16-18-20-22-24-26-27-28-29-30-31-32-33-34-35-36-37-39-41-43-45-47-49-51-53-55-57-64(67)73-62(61-72-74(68,69)71-59-58-65(3,4)5)60-70-63(66)56-54-52-50-48-46-44-42-40-38-25-23-21-19-17-15-13-11-9-7-2/h18,20,24,26,62H,6-17,19,21-23,25,27-61H2,1-5H3/b20-18-,26-24-. The van der Waals surface area contributed by atoms with Crippen LogP contribution in [0.5, 0.6) is 0 Å². The zero-order valence-electron chi connectivity index (χ0n) is 49.8. The van der Waals surface area contributed by atoms with Crippen molar-refractivity contribution in [1.82, 2.24) is 0 Å². The Bertz CT molecular complexity index is 1300. The van der Waals surface area contributed by atoms with E-state index in [0.29, 0.717) is 17.4 Å². The summed E-state index contributed by atoms with van der Waals surface area (Å²) < 4.78 is 34.2. The van der Waals surface area contributed by atoms with Crippen LogP contribution in [0, 0.1) is 0 Å². The summed E-state index contributed by atoms with van der Waals surface area (Å²) in [5, 5.41) is 0. The third-order valence-corrected chi connectivity index (χ3v) is 15.4. The summed E-state index contributed by atoms with van der Waals surface area (Å²) in [5.74, 6) is -0.812. The Morgan fingerprint density at radius 1 is 0.419 bits per heavy atom. The number of esters is 2. The summed E-state index contributed by atoms with van der Waals surface area (Å²) in [7, 11) is 1.19. The number of carbonyl (C=O) groups is 2. The summed E-state index contributed by atoms with van der Waals surface area (Å²) in [5.41, 5.74) is 0. The molecule has 74 heavy (non-hydrogen) atoms. The summed E-state index contributed by atoms with van der Waals surface area (Å²) in [4.78, 5) is 37.9. The predicted molar refractivity (Wildman–Crippen MR) is 314 cm³/mol. The van der Waals surface area contributed by atoms with Gasteiger partial charge in [-0.3, -0.25) is 14.2 Å². The number of quaternary nitrogens is 1. The number of rotatable bonds is 60. The molecule has 0 aliphatic carbocycles. The van der Waals surface area contributed by atoms with Crippen LogP contribution in [-0.2, 0) is 32.7 Å². The molecule has 9 nitrogen and oxygen atoms in total. The van der Waals surface area contributed by atoms with E-state index in [1.54, 1.807) is 0 Å². The van der Waals surface area contributed by atoms with Crippen molar-refractivity contribution in [3.05, 3.63) is 24.3 Å². The summed E-state index contributed by atoms with van der Waals surface area (Å²) >= 11 is 0. The van der Waals surface area contributed by atoms with Gasteiger partial charge in [-0.15, -0.1) is 0 Å². The number of phosphoric acid groups is 1. The molecule has 0 spiro atoms. The van der Waals surface area contributed by atoms with Crippen LogP contribution in [0.1, 0.15) is 322 Å². The van der Waals surface area contributed by atoms with Crippen LogP contribution in [0.15, 0.2) is 24.3 Å². The topological polar surface area (TPSA) is 111 Å². The molecule has 0 saturated heterocycles. The zero-order valence-corrected chi connectivity index (χ0v) is 50.7. The monoisotopic (exact) mass is 1070 g/mol. The van der Waals surface area contributed by atoms with Gasteiger partial charge < -0.3 is 27.9 Å². The maximum atomic E-state index is 12.8. The largest absolute Gasteiger partial charge is 0.756 e. The van der Waals surface area contributed by atoms with Gasteiger partial charge in [0.15, 0.2) is 6.10 Å². The Balaban J connectivity index is 4.02. The highest BCUT2D eigenvalue weighted by atomic mass is 31.2. The van der Waals surface area contributed by atoms with Crippen molar-refractivity contribution < 1.29 is 42.1 Å². The first kappa shape index (κ1) is 72.5. The molecule has 0 aromatic heterocycles. The van der Waals surface area contributed by atoms with Gasteiger partial charge in [-0.25, -0.2) is 0 Å². The van der Waals surface area contributed by atoms with E-state index in [9.17, 15) is 19.0 Å². The first-order valence-electron chi connectivity index (χ1n) is 32.0. The van der Waals surface area contributed by atoms with Crippen molar-refractivity contribution in [3.8, 4) is 0 Å². The molecule has 0 aliphatic rings. The lowest BCUT2D eigenvalue weighted by Gasteiger charge is -2.28. The second-order valence-electron chi connectivity index (χ2n) is 23.1. The van der Waals surface area contributed by atoms with Gasteiger partial charge in [-0.1, -0.05) is 289 Å². The van der Waals surface area contributed by atoms with Gasteiger partial charge in [0.1, 0.15) is 19.8 Å². The lowest BCUT2D eigenvalue weighted by molar-refractivity contribution is -0.870. The molecule has 2 unspecified atom stereocenters. The summed E-state index contributed by atoms with van der Waals surface area (Å²) in [6, 6.07) is 0. The lowest BCUT2D eigenvalue weighted by atomic mass is 10.0. The van der Waals surface area contributed by atoms with Crippen molar-refractivity contribution in [2.75, 3.05) is 47.5 Å². The fourth-order valence-corrected chi connectivity index (χ4v) is 10.2. The van der Waals surface area contributed by atoms with Crippen LogP contribution in [0.2, 0.25) is 0 Å². The highest BCUT2D eigenvalue weighted by molar-refractivity contribution is 7.45. The van der Waals surface area contributed by atoms with Crippen molar-refractivity contribution in [1.29, 1.82) is 0 Å². The smallest absolute Gasteiger partial charge is 0.306 e. The van der Waals surface area contributed by atoms with Crippen molar-refractivity contribution in [2.45, 2.75) is 328 Å². The number of carbonyl (C=O) groups excluding carboxylic acids is 2. The zero-order chi connectivity index (χ0) is 54.2. The number of ether oxygens (including phenoxy) is 2. The molecule has 0 aliphatic heterocycles. The molecule has 0 aromatic rings. The van der Waals surface area contributed by atoms with Gasteiger partial charge in [-0.05, 0) is 44.9 Å². The lowest BCUT2D eigenvalue weighted by Crippen LogP contribution is -2.37. The number of hydrogen-bond acceptors (Lipinski definition) is 8. The van der Waals surface area contributed by atoms with Gasteiger partial charge in [-0.2, -0.15) is 0 Å². The third kappa shape index (κ3) is 59.7. The molecule has 0 rings (SSSR count). The summed E-state index contributed by atoms with van der Waals surface area (Å²) in [6.07, 6.45) is 68.1. The maximum Gasteiger partial charge on any atom is 0.306 e. The molecule has 2 atom stereocenters. The average molecular weight is 1070 g/mol. The quantitative estimate of drug-likeness (QED) is 0.0195. The normalized spacial score (nSPS) is 13.3. The Hall–Kier alpha value is -1.51. The average Bonchev–Trinajstić information content (AvgIpc) is 3.36. The van der Waals surface area contributed by atoms with Crippen molar-refractivity contribution >= 4 is 19.8 Å². The minimum absolute atomic E-state index is 0.0269. The summed E-state index contributed by atoms with van der Waals surface area (Å²) in [6.45, 7) is 4.29. The molecule has 0 aromatic carbocycles. The Morgan fingerprint density at radius 3 is 1.07 bits per heavy atom. The second kappa shape index (κ2) is 56.2. The van der Waals surface area contributed by atoms with Crippen LogP contribution in [0.4, 0.5) is 0 Å². The first-order valence-corrected chi connectivity index (χ1v) is 33.5. The molecule has 0 fully saturated rings. The van der Waals surface area contributed by atoms with Crippen LogP contribution >= 0.6 is 7.82 Å². The molecular formula is C64H124NO8P. The van der Waals surface area contributed by atoms with E-state index in [-0.39, 0.29) is 32.0 Å². The fourth-order valence-electron chi connectivity index (χ4n) is 9.51. The van der Waals surface area contributed by atoms with Gasteiger partial charge in [0.2, 0.25) is 0 Å². The van der Waals surface area contributed by atoms with Gasteiger partial charge in [0.05, 0.1) is 27.7 Å². The number of likely N-dealkylation sites (N-methyl/N-ethyl adjacent to an activating group) is 1. The number of nitrogens with zero attached hydrogens (tertiary/aromatic N) is 1. The molecule has 0 amide bonds. The van der Waals surface area contributed by atoms with E-state index < -0.39 is 26.5 Å². The van der Waals surface area contributed by atoms with Crippen LogP contribution in [-0.4, -0.2) is 70.0 Å². The number of phosphoric ester groups is 1. The second-order valence-corrected chi connectivity index (χ2v) is 24.5. The highest BCUT2D eigenvalue weighted by Gasteiger charge is 2.22. The van der Waals surface area contributed by atoms with Crippen molar-refractivity contribution in [2.24, 2.45) is 0 Å². The third-order valence-electron chi connectivity index (χ3n) is 14.5. The van der Waals surface area contributed by atoms with Crippen LogP contribution in [0.3, 0.4) is 0 Å². The molecule has 0 heterocycles. The highest BCUT2D eigenvalue weighted by Crippen LogP contribution is 2.38. The van der Waals surface area contributed by atoms with E-state index in [4.69, 9.17) is 18.5 Å². The van der Waals surface area contributed by atoms with Crippen LogP contribution < -0.4 is 4.89 Å². The van der Waals surface area contributed by atoms with E-state index in [1.807, 2.05) is 21.1 Å². The number of hydrogen-bond donors (Lipinski definition) is 0. The Labute approximate surface area is 459 Å². The number of unbranched alkanes of at least 4 members (excludes halogenated alkanes) is 42. The van der Waals surface area contributed by atoms with Gasteiger partial charge in [0, 0.05) is 12.8 Å². The van der Waals surface area contributed by atoms with E-state index in [2.05, 4.69) is 38.2 Å². The minimum atomic E-state index is -4.63. The first-order chi connectivity index (χ1) is 36.0. The van der Waals surface area contributed by atoms with Gasteiger partial charge in [0.25, 0.3) is 7.82 Å². The maximum absolute atomic E-state index is 12.8. The van der Waals surface area contributed by atoms with Crippen LogP contribution in [0.25, 0.3) is 0 Å². The fraction of sp³-hybridized carbons (Fsp3) is 0.906. The van der Waals surface area contributed by atoms with E-state index in [1.165, 1.54) is 250 Å². The molecule has 0 saturated carbocycles. The Kier molecular flexibility index (Phi) is 55.1. The molecule has 0 N–H and O–H groups in total. The van der Waals surface area contributed by atoms with Gasteiger partial charge >= 0.3 is 11.9 Å². The molecule has 0 bridgehead atoms. The minimum Gasteiger partial charge on any atom is -0.756 e. The molecule has 10 heteroatoms. The van der Waals surface area contributed by atoms with E-state index in [0.717, 1.165) is 38.5 Å². The van der Waals surface area contributed by atoms with E-state index >= 15 is 0 Å².